The zero-order chi connectivity index (χ0) is 13.2. The molecule has 0 saturated heterocycles. The third-order valence-corrected chi connectivity index (χ3v) is 8.85. The van der Waals surface area contributed by atoms with Crippen LogP contribution >= 0.6 is 0 Å². The molecule has 0 aliphatic carbocycles. The van der Waals surface area contributed by atoms with Crippen LogP contribution in [0.4, 0.5) is 0 Å². The molecule has 93 valence electrons. The van der Waals surface area contributed by atoms with Gasteiger partial charge in [-0.15, -0.1) is 0 Å². The first-order chi connectivity index (χ1) is 8.68. The molecular weight excluding hydrogens is 620 g/mol. The molecule has 0 heterocycles. The quantitative estimate of drug-likeness (QED) is 0.440. The fourth-order valence-corrected chi connectivity index (χ4v) is 5.41. The van der Waals surface area contributed by atoms with E-state index in [1.54, 1.807) is 0 Å². The Labute approximate surface area is 142 Å². The Balaban J connectivity index is 0.000000352. The van der Waals surface area contributed by atoms with Crippen LogP contribution in [0.1, 0.15) is 0 Å². The third kappa shape index (κ3) is 10.6. The Morgan fingerprint density at radius 1 is 0.895 bits per heavy atom. The predicted molar refractivity (Wildman–Crippen MR) is 67.0 cm³/mol. The molecule has 0 spiro atoms. The molecule has 0 amide bonds. The van der Waals surface area contributed by atoms with E-state index in [2.05, 4.69) is 30.3 Å². The molecule has 2 aromatic carbocycles. The Morgan fingerprint density at radius 3 is 1.74 bits per heavy atom. The van der Waals surface area contributed by atoms with Crippen molar-refractivity contribution in [3.63, 3.8) is 0 Å². The van der Waals surface area contributed by atoms with Crippen molar-refractivity contribution >= 4 is 13.5 Å². The Morgan fingerprint density at radius 2 is 1.37 bits per heavy atom. The van der Waals surface area contributed by atoms with Crippen LogP contribution in [0.15, 0.2) is 60.7 Å². The van der Waals surface area contributed by atoms with Crippen molar-refractivity contribution in [3.8, 4) is 0 Å². The third-order valence-electron chi connectivity index (χ3n) is 2.08. The summed E-state index contributed by atoms with van der Waals surface area (Å²) < 4.78 is 7.42. The first-order valence-electron chi connectivity index (χ1n) is 5.57. The minimum absolute atomic E-state index is 0. The second-order valence-corrected chi connectivity index (χ2v) is 12.4. The summed E-state index contributed by atoms with van der Waals surface area (Å²) in [6, 6.07) is 20.2. The van der Waals surface area contributed by atoms with Gasteiger partial charge in [0.05, 0.1) is 0 Å². The Kier molecular flexibility index (Phi) is 12.1. The van der Waals surface area contributed by atoms with Crippen LogP contribution in [0.5, 0.6) is 0 Å². The van der Waals surface area contributed by atoms with Gasteiger partial charge in [0.2, 0.25) is 0 Å². The van der Waals surface area contributed by atoms with Crippen LogP contribution in [0.25, 0.3) is 0 Å². The van der Waals surface area contributed by atoms with E-state index in [1.165, 1.54) is 3.07 Å². The van der Waals surface area contributed by atoms with Crippen LogP contribution in [0.3, 0.4) is 0 Å². The van der Waals surface area contributed by atoms with Gasteiger partial charge in [0.1, 0.15) is 0 Å². The van der Waals surface area contributed by atoms with E-state index < -0.39 is 32.4 Å². The molecule has 0 aliphatic heterocycles. The molecule has 0 bridgehead atoms. The van der Waals surface area contributed by atoms with Gasteiger partial charge in [0.15, 0.2) is 0 Å². The van der Waals surface area contributed by atoms with Gasteiger partial charge in [0.25, 0.3) is 0 Å². The van der Waals surface area contributed by atoms with E-state index in [0.29, 0.717) is 0 Å². The molecule has 0 saturated carbocycles. The van der Waals surface area contributed by atoms with Crippen molar-refractivity contribution in [1.29, 1.82) is 0 Å². The molecule has 0 fully saturated rings. The summed E-state index contributed by atoms with van der Waals surface area (Å²) in [5.41, 5.74) is 0. The molecule has 2 aromatic rings. The summed E-state index contributed by atoms with van der Waals surface area (Å²) in [5.74, 6) is 0. The maximum atomic E-state index is 8.40. The zero-order valence-electron chi connectivity index (χ0n) is 10.6. The van der Waals surface area contributed by atoms with Gasteiger partial charge in [-0.3, -0.25) is 0 Å². The number of benzene rings is 2. The Hall–Kier alpha value is 0.215. The van der Waals surface area contributed by atoms with E-state index in [1.807, 2.05) is 30.3 Å². The molecule has 7 heteroatoms. The summed E-state index contributed by atoms with van der Waals surface area (Å²) in [6.07, 6.45) is 0. The molecule has 0 aromatic heterocycles. The van der Waals surface area contributed by atoms with Crippen LogP contribution in [0, 0.1) is 0 Å². The number of hydrogen-bond acceptors (Lipinski definition) is 3. The van der Waals surface area contributed by atoms with Crippen molar-refractivity contribution in [2.75, 3.05) is 0 Å². The van der Waals surface area contributed by atoms with Gasteiger partial charge in [0, 0.05) is 0 Å². The molecule has 4 N–H and O–H groups in total. The van der Waals surface area contributed by atoms with Gasteiger partial charge >= 0.3 is 138 Å². The summed E-state index contributed by atoms with van der Waals surface area (Å²) in [5, 5.41) is 16.8. The average Bonchev–Trinajstić information content (AvgIpc) is 2.39. The van der Waals surface area contributed by atoms with Gasteiger partial charge in [-0.25, -0.2) is 0 Å². The first kappa shape index (κ1) is 19.2. The summed E-state index contributed by atoms with van der Waals surface area (Å²) in [4.78, 5) is 0. The molecule has 4 nitrogen and oxygen atoms in total. The first-order valence-corrected chi connectivity index (χ1v) is 13.3. The van der Waals surface area contributed by atoms with Gasteiger partial charge in [-0.05, 0) is 0 Å². The SMILES string of the molecule is O.OB(O)[O][Hg][c]1ccccc1.[Hg][c]1ccccc1. The van der Waals surface area contributed by atoms with E-state index in [0.717, 1.165) is 29.2 Å². The molecule has 0 atom stereocenters. The summed E-state index contributed by atoms with van der Waals surface area (Å²) >= 11 is -0.857. The monoisotopic (exact) mass is 637 g/mol. The van der Waals surface area contributed by atoms with Crippen molar-refractivity contribution < 1.29 is 69.2 Å². The molecular formula is C12H14BHg2O4. The minimum atomic E-state index is -1.67. The fraction of sp³-hybridized carbons (Fsp3) is 0. The van der Waals surface area contributed by atoms with E-state index >= 15 is 0 Å². The van der Waals surface area contributed by atoms with Gasteiger partial charge in [-0.1, -0.05) is 0 Å². The van der Waals surface area contributed by atoms with Crippen LogP contribution in [-0.4, -0.2) is 22.8 Å². The standard InChI is InChI=1S/2C6H5.BH2O3.2Hg.H2O/c2*1-2-4-6-5-3-1;2-1(3)4;;;/h2*1-5H;2-3H;;;1H2/q;;-1;;+1;. The topological polar surface area (TPSA) is 81.2 Å². The number of rotatable bonds is 3. The summed E-state index contributed by atoms with van der Waals surface area (Å²) in [7, 11) is -1.59. The molecule has 0 radical (unpaired) electrons. The van der Waals surface area contributed by atoms with Crippen molar-refractivity contribution in [3.05, 3.63) is 60.7 Å². The molecule has 0 unspecified atom stereocenters. The second kappa shape index (κ2) is 12.0. The normalized spacial score (nSPS) is 8.42. The second-order valence-electron chi connectivity index (χ2n) is 3.61. The van der Waals surface area contributed by atoms with Crippen molar-refractivity contribution in [2.24, 2.45) is 0 Å². The molecule has 19 heavy (non-hydrogen) atoms. The van der Waals surface area contributed by atoms with Crippen molar-refractivity contribution in [1.82, 2.24) is 0 Å². The molecule has 2 rings (SSSR count). The fourth-order valence-electron chi connectivity index (χ4n) is 1.22. The molecule has 0 aliphatic rings. The predicted octanol–water partition coefficient (Wildman–Crippen LogP) is -0.671. The van der Waals surface area contributed by atoms with E-state index in [9.17, 15) is 0 Å². The van der Waals surface area contributed by atoms with E-state index in [4.69, 9.17) is 12.6 Å². The van der Waals surface area contributed by atoms with Gasteiger partial charge in [-0.2, -0.15) is 0 Å². The maximum absolute atomic E-state index is 8.40. The van der Waals surface area contributed by atoms with Crippen molar-refractivity contribution in [2.45, 2.75) is 0 Å². The van der Waals surface area contributed by atoms with Crippen LogP contribution in [-0.2, 0) is 53.7 Å². The zero-order valence-corrected chi connectivity index (χ0v) is 21.6. The van der Waals surface area contributed by atoms with Crippen LogP contribution < -0.4 is 6.14 Å². The van der Waals surface area contributed by atoms with Gasteiger partial charge < -0.3 is 5.48 Å². The Bertz CT molecular complexity index is 428. The van der Waals surface area contributed by atoms with Crippen LogP contribution in [0.2, 0.25) is 0 Å². The summed E-state index contributed by atoms with van der Waals surface area (Å²) in [6.45, 7) is 0. The van der Waals surface area contributed by atoms with E-state index in [-0.39, 0.29) is 5.48 Å². The average molecular weight is 634 g/mol. The number of hydrogen-bond donors (Lipinski definition) is 2.